The van der Waals surface area contributed by atoms with Crippen LogP contribution < -0.4 is 10.2 Å². The van der Waals surface area contributed by atoms with Gasteiger partial charge in [-0.15, -0.1) is 23.7 Å². The summed E-state index contributed by atoms with van der Waals surface area (Å²) in [6.07, 6.45) is 1.24. The third kappa shape index (κ3) is 5.35. The molecule has 1 aromatic heterocycles. The van der Waals surface area contributed by atoms with Crippen molar-refractivity contribution in [1.82, 2.24) is 20.1 Å². The topological polar surface area (TPSA) is 51.7 Å². The zero-order valence-electron chi connectivity index (χ0n) is 17.1. The van der Waals surface area contributed by atoms with E-state index in [1.807, 2.05) is 31.2 Å². The molecule has 2 fully saturated rings. The average molecular weight is 436 g/mol. The van der Waals surface area contributed by atoms with Crippen LogP contribution in [0.4, 0.5) is 10.8 Å². The molecule has 2 aromatic rings. The Kier molecular flexibility index (Phi) is 7.65. The molecule has 2 aliphatic rings. The zero-order chi connectivity index (χ0) is 19.5. The van der Waals surface area contributed by atoms with E-state index in [9.17, 15) is 4.79 Å². The highest BCUT2D eigenvalue weighted by atomic mass is 35.5. The van der Waals surface area contributed by atoms with Gasteiger partial charge in [-0.3, -0.25) is 19.5 Å². The number of nitrogens with one attached hydrogen (secondary N) is 1. The molecule has 0 aliphatic carbocycles. The van der Waals surface area contributed by atoms with Crippen molar-refractivity contribution >= 4 is 40.5 Å². The minimum Gasteiger partial charge on any atom is -0.314 e. The molecule has 3 heterocycles. The van der Waals surface area contributed by atoms with Crippen LogP contribution in [0.3, 0.4) is 0 Å². The molecule has 2 saturated heterocycles. The van der Waals surface area contributed by atoms with Crippen LogP contribution in [0.5, 0.6) is 0 Å². The van der Waals surface area contributed by atoms with Crippen molar-refractivity contribution in [3.05, 3.63) is 40.9 Å². The summed E-state index contributed by atoms with van der Waals surface area (Å²) < 4.78 is 0. The van der Waals surface area contributed by atoms with Crippen molar-refractivity contribution in [2.45, 2.75) is 32.9 Å². The van der Waals surface area contributed by atoms with Crippen molar-refractivity contribution in [3.8, 4) is 0 Å². The lowest BCUT2D eigenvalue weighted by Gasteiger charge is -2.32. The van der Waals surface area contributed by atoms with Gasteiger partial charge in [0.2, 0.25) is 5.91 Å². The molecule has 4 rings (SSSR count). The fraction of sp³-hybridized carbons (Fsp3) is 0.524. The summed E-state index contributed by atoms with van der Waals surface area (Å²) in [5.41, 5.74) is 3.11. The first-order valence-corrected chi connectivity index (χ1v) is 11.0. The van der Waals surface area contributed by atoms with E-state index < -0.39 is 0 Å². The Bertz CT molecular complexity index is 806. The molecule has 1 unspecified atom stereocenters. The number of carbonyl (C=O) groups is 1. The fourth-order valence-electron chi connectivity index (χ4n) is 4.12. The van der Waals surface area contributed by atoms with Crippen LogP contribution in [0.1, 0.15) is 24.6 Å². The predicted molar refractivity (Wildman–Crippen MR) is 121 cm³/mol. The van der Waals surface area contributed by atoms with Crippen molar-refractivity contribution in [2.75, 3.05) is 44.2 Å². The summed E-state index contributed by atoms with van der Waals surface area (Å²) in [7, 11) is 0. The summed E-state index contributed by atoms with van der Waals surface area (Å²) in [5.74, 6) is -0.00954. The molecule has 1 amide bonds. The van der Waals surface area contributed by atoms with E-state index >= 15 is 0 Å². The number of thiazole rings is 1. The lowest BCUT2D eigenvalue weighted by Crippen LogP contribution is -2.49. The Labute approximate surface area is 183 Å². The molecule has 8 heteroatoms. The van der Waals surface area contributed by atoms with Gasteiger partial charge < -0.3 is 5.32 Å². The summed E-state index contributed by atoms with van der Waals surface area (Å²) >= 11 is 1.55. The average Bonchev–Trinajstić information content (AvgIpc) is 3.34. The van der Waals surface area contributed by atoms with Crippen LogP contribution in [0.15, 0.2) is 29.6 Å². The highest BCUT2D eigenvalue weighted by molar-refractivity contribution is 7.14. The molecule has 158 valence electrons. The van der Waals surface area contributed by atoms with E-state index in [1.54, 1.807) is 23.2 Å². The minimum atomic E-state index is -0.00954. The van der Waals surface area contributed by atoms with Crippen LogP contribution in [0.2, 0.25) is 0 Å². The number of hydrogen-bond donors (Lipinski definition) is 1. The van der Waals surface area contributed by atoms with Crippen molar-refractivity contribution in [1.29, 1.82) is 0 Å². The quantitative estimate of drug-likeness (QED) is 0.782. The van der Waals surface area contributed by atoms with Crippen LogP contribution in [0.25, 0.3) is 0 Å². The van der Waals surface area contributed by atoms with E-state index in [4.69, 9.17) is 4.98 Å². The zero-order valence-corrected chi connectivity index (χ0v) is 18.8. The number of benzene rings is 1. The first-order valence-electron chi connectivity index (χ1n) is 10.1. The van der Waals surface area contributed by atoms with Gasteiger partial charge in [-0.05, 0) is 25.5 Å². The Hall–Kier alpha value is -1.51. The second-order valence-corrected chi connectivity index (χ2v) is 8.61. The maximum Gasteiger partial charge on any atom is 0.230 e. The maximum atomic E-state index is 12.3. The van der Waals surface area contributed by atoms with Crippen molar-refractivity contribution in [3.63, 3.8) is 0 Å². The summed E-state index contributed by atoms with van der Waals surface area (Å²) in [5, 5.41) is 6.28. The van der Waals surface area contributed by atoms with Gasteiger partial charge in [0.1, 0.15) is 0 Å². The second-order valence-electron chi connectivity index (χ2n) is 7.77. The third-order valence-corrected chi connectivity index (χ3v) is 6.51. The normalized spacial score (nSPS) is 20.4. The second kappa shape index (κ2) is 10.00. The highest BCUT2D eigenvalue weighted by Gasteiger charge is 2.29. The molecule has 29 heavy (non-hydrogen) atoms. The Morgan fingerprint density at radius 2 is 1.97 bits per heavy atom. The number of rotatable bonds is 5. The van der Waals surface area contributed by atoms with Crippen LogP contribution in [-0.4, -0.2) is 66.0 Å². The molecule has 1 aromatic carbocycles. The van der Waals surface area contributed by atoms with Crippen LogP contribution in [0, 0.1) is 6.92 Å². The number of amides is 1. The first-order chi connectivity index (χ1) is 13.6. The molecule has 1 N–H and O–H groups in total. The van der Waals surface area contributed by atoms with Crippen molar-refractivity contribution < 1.29 is 4.79 Å². The van der Waals surface area contributed by atoms with E-state index in [0.29, 0.717) is 6.04 Å². The largest absolute Gasteiger partial charge is 0.314 e. The van der Waals surface area contributed by atoms with Gasteiger partial charge >= 0.3 is 0 Å². The Morgan fingerprint density at radius 3 is 2.66 bits per heavy atom. The molecule has 0 bridgehead atoms. The highest BCUT2D eigenvalue weighted by Crippen LogP contribution is 2.30. The number of likely N-dealkylation sites (tertiary alicyclic amines) is 1. The van der Waals surface area contributed by atoms with E-state index in [-0.39, 0.29) is 18.3 Å². The number of anilines is 2. The van der Waals surface area contributed by atoms with Gasteiger partial charge in [-0.1, -0.05) is 17.7 Å². The SMILES string of the molecule is CC(=O)N(c1ccc(C)cc1)c1nc(CN2CCC(N3CCNCC3)C2)cs1.Cl. The summed E-state index contributed by atoms with van der Waals surface area (Å²) in [6, 6.07) is 8.69. The van der Waals surface area contributed by atoms with Gasteiger partial charge in [-0.2, -0.15) is 0 Å². The first kappa shape index (κ1) is 22.2. The van der Waals surface area contributed by atoms with Gasteiger partial charge in [0, 0.05) is 64.2 Å². The molecule has 0 saturated carbocycles. The molecule has 0 spiro atoms. The Morgan fingerprint density at radius 1 is 1.24 bits per heavy atom. The minimum absolute atomic E-state index is 0. The lowest BCUT2D eigenvalue weighted by molar-refractivity contribution is -0.115. The fourth-order valence-corrected chi connectivity index (χ4v) is 5.00. The smallest absolute Gasteiger partial charge is 0.230 e. The molecule has 2 aliphatic heterocycles. The number of aryl methyl sites for hydroxylation is 1. The van der Waals surface area contributed by atoms with E-state index in [1.165, 1.54) is 12.0 Å². The molecule has 6 nitrogen and oxygen atoms in total. The molecular formula is C21H30ClN5OS. The number of halogens is 1. The number of hydrogen-bond acceptors (Lipinski definition) is 6. The molecule has 1 atom stereocenters. The summed E-state index contributed by atoms with van der Waals surface area (Å²) in [6.45, 7) is 11.3. The van der Waals surface area contributed by atoms with Crippen LogP contribution in [-0.2, 0) is 11.3 Å². The van der Waals surface area contributed by atoms with E-state index in [2.05, 4.69) is 20.5 Å². The number of carbonyl (C=O) groups excluding carboxylic acids is 1. The maximum absolute atomic E-state index is 12.3. The number of piperazine rings is 1. The van der Waals surface area contributed by atoms with Crippen molar-refractivity contribution in [2.24, 2.45) is 0 Å². The third-order valence-electron chi connectivity index (χ3n) is 5.64. The number of aromatic nitrogens is 1. The molecular weight excluding hydrogens is 406 g/mol. The monoisotopic (exact) mass is 435 g/mol. The van der Waals surface area contributed by atoms with Gasteiger partial charge in [0.15, 0.2) is 5.13 Å². The standard InChI is InChI=1S/C21H29N5OS.ClH/c1-16-3-5-19(6-4-16)26(17(2)27)21-23-18(15-28-21)13-24-10-7-20(14-24)25-11-8-22-9-12-25;/h3-6,15,20,22H,7-14H2,1-2H3;1H. The Balaban J connectivity index is 0.00000240. The van der Waals surface area contributed by atoms with Gasteiger partial charge in [0.25, 0.3) is 0 Å². The molecule has 0 radical (unpaired) electrons. The van der Waals surface area contributed by atoms with Crippen LogP contribution >= 0.6 is 23.7 Å². The number of nitrogens with zero attached hydrogens (tertiary/aromatic N) is 4. The predicted octanol–water partition coefficient (Wildman–Crippen LogP) is 3.04. The van der Waals surface area contributed by atoms with E-state index in [0.717, 1.165) is 62.3 Å². The van der Waals surface area contributed by atoms with Gasteiger partial charge in [0.05, 0.1) is 11.4 Å². The lowest BCUT2D eigenvalue weighted by atomic mass is 10.2. The van der Waals surface area contributed by atoms with Gasteiger partial charge in [-0.25, -0.2) is 4.98 Å². The summed E-state index contributed by atoms with van der Waals surface area (Å²) in [4.78, 5) is 23.9.